The molecule has 2 N–H and O–H groups in total. The van der Waals surface area contributed by atoms with Crippen LogP contribution in [0.3, 0.4) is 0 Å². The zero-order chi connectivity index (χ0) is 32.8. The maximum absolute atomic E-state index is 13.2. The zero-order valence-electron chi connectivity index (χ0n) is 27.2. The largest absolute Gasteiger partial charge is 0.491 e. The van der Waals surface area contributed by atoms with E-state index in [1.165, 1.54) is 11.1 Å². The van der Waals surface area contributed by atoms with Crippen molar-refractivity contribution in [1.82, 2.24) is 9.71 Å². The van der Waals surface area contributed by atoms with Crippen LogP contribution in [0.1, 0.15) is 85.8 Å². The molecular weight excluding hydrogens is 638 g/mol. The first-order valence-corrected chi connectivity index (χ1v) is 18.9. The number of nitrogens with zero attached hydrogens (tertiary/aromatic N) is 2. The van der Waals surface area contributed by atoms with E-state index in [0.29, 0.717) is 31.7 Å². The number of carbonyl (C=O) groups is 1. The standard InChI is InChI=1S/C36H46ClN3O4S2/c1-5-7-15-36(42,20-34-38-16-17-45-34)31-13-9-27(31)21-40-22-28(30-12-11-29(37)18-25(30)8-6-2)23-44-33-14-10-26(19-32(33)40)35(41)39-46(43)24(3)4/h7,10-12,14-19,24,27-28,31,42H,5-6,8-9,13,20-23H2,1-4H3,(H,39,41)/b15-7+/t27?,28?,31?,36-,46?/m1/s1. The monoisotopic (exact) mass is 683 g/mol. The summed E-state index contributed by atoms with van der Waals surface area (Å²) < 4.78 is 21.6. The minimum Gasteiger partial charge on any atom is -0.491 e. The van der Waals surface area contributed by atoms with Gasteiger partial charge < -0.3 is 14.7 Å². The third-order valence-electron chi connectivity index (χ3n) is 9.20. The van der Waals surface area contributed by atoms with E-state index in [1.54, 1.807) is 23.6 Å². The topological polar surface area (TPSA) is 91.8 Å². The van der Waals surface area contributed by atoms with E-state index in [-0.39, 0.29) is 28.9 Å². The molecule has 3 aromatic rings. The van der Waals surface area contributed by atoms with E-state index >= 15 is 0 Å². The summed E-state index contributed by atoms with van der Waals surface area (Å²) in [4.78, 5) is 20.0. The number of nitrogens with one attached hydrogen (secondary N) is 1. The number of carbonyl (C=O) groups excluding carboxylic acids is 1. The third-order valence-corrected chi connectivity index (χ3v) is 11.5. The van der Waals surface area contributed by atoms with Crippen LogP contribution >= 0.6 is 22.9 Å². The summed E-state index contributed by atoms with van der Waals surface area (Å²) >= 11 is 8.01. The molecule has 5 atom stereocenters. The number of ether oxygens (including phenoxy) is 1. The fraction of sp³-hybridized carbons (Fsp3) is 0.500. The molecule has 248 valence electrons. The lowest BCUT2D eigenvalue weighted by atomic mass is 9.63. The summed E-state index contributed by atoms with van der Waals surface area (Å²) in [5, 5.41) is 15.6. The van der Waals surface area contributed by atoms with Gasteiger partial charge in [-0.3, -0.25) is 9.52 Å². The number of thiazole rings is 1. The van der Waals surface area contributed by atoms with Gasteiger partial charge in [0.25, 0.3) is 5.91 Å². The predicted molar refractivity (Wildman–Crippen MR) is 189 cm³/mol. The summed E-state index contributed by atoms with van der Waals surface area (Å²) in [6.45, 7) is 9.77. The number of benzene rings is 2. The van der Waals surface area contributed by atoms with Crippen LogP contribution in [0, 0.1) is 11.8 Å². The van der Waals surface area contributed by atoms with Gasteiger partial charge in [-0.2, -0.15) is 0 Å². The number of rotatable bonds is 13. The number of aliphatic hydroxyl groups is 1. The first kappa shape index (κ1) is 34.6. The Labute approximate surface area is 285 Å². The number of fused-ring (bicyclic) bond motifs is 1. The number of hydrogen-bond acceptors (Lipinski definition) is 7. The molecule has 7 nitrogen and oxygen atoms in total. The molecule has 0 spiro atoms. The molecule has 10 heteroatoms. The molecule has 1 aliphatic carbocycles. The third kappa shape index (κ3) is 8.04. The maximum atomic E-state index is 13.2. The van der Waals surface area contributed by atoms with Crippen molar-refractivity contribution in [3.8, 4) is 5.75 Å². The Morgan fingerprint density at radius 1 is 1.26 bits per heavy atom. The molecule has 0 saturated heterocycles. The number of anilines is 1. The summed E-state index contributed by atoms with van der Waals surface area (Å²) in [5.74, 6) is 0.711. The first-order chi connectivity index (χ1) is 22.1. The molecule has 0 radical (unpaired) electrons. The van der Waals surface area contributed by atoms with Crippen molar-refractivity contribution in [2.24, 2.45) is 11.8 Å². The molecule has 1 aliphatic heterocycles. The highest BCUT2D eigenvalue weighted by atomic mass is 35.5. The number of amides is 1. The molecule has 1 amide bonds. The normalized spacial score (nSPS) is 21.6. The van der Waals surface area contributed by atoms with Gasteiger partial charge in [-0.05, 0) is 92.8 Å². The second-order valence-corrected chi connectivity index (χ2v) is 16.0. The molecule has 0 bridgehead atoms. The number of allylic oxidation sites excluding steroid dienone is 1. The minimum atomic E-state index is -1.48. The summed E-state index contributed by atoms with van der Waals surface area (Å²) in [6, 6.07) is 11.6. The van der Waals surface area contributed by atoms with Crippen LogP contribution in [-0.4, -0.2) is 50.8 Å². The lowest BCUT2D eigenvalue weighted by molar-refractivity contribution is -0.0445. The van der Waals surface area contributed by atoms with Crippen molar-refractivity contribution in [1.29, 1.82) is 0 Å². The highest BCUT2D eigenvalue weighted by Crippen LogP contribution is 2.47. The van der Waals surface area contributed by atoms with E-state index in [4.69, 9.17) is 16.3 Å². The van der Waals surface area contributed by atoms with Crippen molar-refractivity contribution >= 4 is 45.5 Å². The molecule has 1 fully saturated rings. The maximum Gasteiger partial charge on any atom is 0.263 e. The number of hydrogen-bond donors (Lipinski definition) is 2. The molecule has 1 aromatic heterocycles. The van der Waals surface area contributed by atoms with Crippen molar-refractivity contribution in [3.63, 3.8) is 0 Å². The predicted octanol–water partition coefficient (Wildman–Crippen LogP) is 7.50. The van der Waals surface area contributed by atoms with Crippen molar-refractivity contribution in [2.75, 3.05) is 24.6 Å². The van der Waals surface area contributed by atoms with Gasteiger partial charge in [0.1, 0.15) is 16.7 Å². The average Bonchev–Trinajstić information content (AvgIpc) is 3.45. The van der Waals surface area contributed by atoms with Crippen molar-refractivity contribution in [2.45, 2.75) is 83.0 Å². The summed E-state index contributed by atoms with van der Waals surface area (Å²) in [6.07, 6.45) is 11.1. The first-order valence-electron chi connectivity index (χ1n) is 16.4. The van der Waals surface area contributed by atoms with E-state index in [1.807, 2.05) is 43.5 Å². The molecular formula is C36H46ClN3O4S2. The van der Waals surface area contributed by atoms with E-state index < -0.39 is 16.6 Å². The zero-order valence-corrected chi connectivity index (χ0v) is 29.6. The Kier molecular flexibility index (Phi) is 11.6. The van der Waals surface area contributed by atoms with Crippen molar-refractivity contribution in [3.05, 3.63) is 86.8 Å². The van der Waals surface area contributed by atoms with Gasteiger partial charge in [-0.1, -0.05) is 50.1 Å². The van der Waals surface area contributed by atoms with Crippen LogP contribution in [0.4, 0.5) is 5.69 Å². The lowest BCUT2D eigenvalue weighted by Crippen LogP contribution is -2.51. The van der Waals surface area contributed by atoms with E-state index in [2.05, 4.69) is 46.7 Å². The Hall–Kier alpha value is -2.72. The molecule has 2 aliphatic rings. The summed E-state index contributed by atoms with van der Waals surface area (Å²) in [5.41, 5.74) is 2.75. The number of aryl methyl sites for hydroxylation is 1. The van der Waals surface area contributed by atoms with Crippen LogP contribution in [-0.2, 0) is 23.8 Å². The lowest BCUT2D eigenvalue weighted by Gasteiger charge is -2.48. The van der Waals surface area contributed by atoms with E-state index in [0.717, 1.165) is 53.6 Å². The average molecular weight is 684 g/mol. The molecule has 4 unspecified atom stereocenters. The van der Waals surface area contributed by atoms with E-state index in [9.17, 15) is 14.1 Å². The fourth-order valence-electron chi connectivity index (χ4n) is 6.67. The second-order valence-electron chi connectivity index (χ2n) is 12.8. The van der Waals surface area contributed by atoms with Gasteiger partial charge in [0.05, 0.1) is 22.9 Å². The van der Waals surface area contributed by atoms with Crippen LogP contribution in [0.25, 0.3) is 0 Å². The Morgan fingerprint density at radius 2 is 2.09 bits per heavy atom. The molecule has 2 aromatic carbocycles. The Balaban J connectivity index is 1.49. The molecule has 46 heavy (non-hydrogen) atoms. The van der Waals surface area contributed by atoms with Gasteiger partial charge in [0.15, 0.2) is 0 Å². The van der Waals surface area contributed by atoms with Crippen molar-refractivity contribution < 1.29 is 18.8 Å². The van der Waals surface area contributed by atoms with Crippen LogP contribution in [0.2, 0.25) is 5.02 Å². The smallest absolute Gasteiger partial charge is 0.263 e. The minimum absolute atomic E-state index is 0.0661. The number of halogens is 1. The van der Waals surface area contributed by atoms with Gasteiger partial charge in [0.2, 0.25) is 0 Å². The van der Waals surface area contributed by atoms with Crippen LogP contribution < -0.4 is 14.4 Å². The van der Waals surface area contributed by atoms with Gasteiger partial charge in [0, 0.05) is 52.8 Å². The Bertz CT molecular complexity index is 1550. The molecule has 1 saturated carbocycles. The van der Waals surface area contributed by atoms with Gasteiger partial charge in [-0.25, -0.2) is 9.19 Å². The molecule has 5 rings (SSSR count). The van der Waals surface area contributed by atoms with Gasteiger partial charge >= 0.3 is 0 Å². The quantitative estimate of drug-likeness (QED) is 0.181. The highest BCUT2D eigenvalue weighted by Gasteiger charge is 2.46. The van der Waals surface area contributed by atoms with Gasteiger partial charge in [-0.15, -0.1) is 11.3 Å². The SMILES string of the molecule is CC/C=C/[C@@](O)(Cc1nccs1)C1CCC1CN1CC(c2ccc(Cl)cc2CCC)COc2ccc(C(=O)NS(=O)C(C)C)cc21. The van der Waals surface area contributed by atoms with Crippen LogP contribution in [0.15, 0.2) is 60.1 Å². The highest BCUT2D eigenvalue weighted by molar-refractivity contribution is 7.84. The van der Waals surface area contributed by atoms with Crippen LogP contribution in [0.5, 0.6) is 5.75 Å². The fourth-order valence-corrected chi connectivity index (χ4v) is 8.12. The number of aromatic nitrogens is 1. The molecule has 2 heterocycles. The second kappa shape index (κ2) is 15.5. The summed E-state index contributed by atoms with van der Waals surface area (Å²) in [7, 11) is -1.48. The Morgan fingerprint density at radius 3 is 2.76 bits per heavy atom.